The molecule has 0 aromatic heterocycles. The van der Waals surface area contributed by atoms with Crippen LogP contribution in [0, 0.1) is 11.8 Å². The maximum absolute atomic E-state index is 12.5. The van der Waals surface area contributed by atoms with Gasteiger partial charge in [0.1, 0.15) is 5.54 Å². The molecule has 0 aliphatic carbocycles. The van der Waals surface area contributed by atoms with Crippen LogP contribution in [-0.2, 0) is 11.2 Å². The van der Waals surface area contributed by atoms with E-state index in [0.717, 1.165) is 39.1 Å². The maximum atomic E-state index is 12.5. The predicted molar refractivity (Wildman–Crippen MR) is 92.0 cm³/mol. The Kier molecular flexibility index (Phi) is 4.71. The average Bonchev–Trinajstić information content (AvgIpc) is 2.49. The van der Waals surface area contributed by atoms with Gasteiger partial charge in [-0.15, -0.1) is 0 Å². The van der Waals surface area contributed by atoms with Gasteiger partial charge in [-0.1, -0.05) is 30.3 Å². The van der Waals surface area contributed by atoms with E-state index in [1.54, 1.807) is 0 Å². The second-order valence-corrected chi connectivity index (χ2v) is 7.23. The van der Waals surface area contributed by atoms with Gasteiger partial charge in [0.25, 0.3) is 0 Å². The third kappa shape index (κ3) is 3.13. The Morgan fingerprint density at radius 2 is 1.65 bits per heavy atom. The van der Waals surface area contributed by atoms with E-state index in [1.807, 2.05) is 6.07 Å². The molecular weight excluding hydrogens is 288 g/mol. The van der Waals surface area contributed by atoms with E-state index in [4.69, 9.17) is 5.73 Å². The molecule has 3 N–H and O–H groups in total. The van der Waals surface area contributed by atoms with Crippen molar-refractivity contribution >= 4 is 5.91 Å². The topological polar surface area (TPSA) is 61.6 Å². The monoisotopic (exact) mass is 316 g/mol. The number of carbonyl (C=O) groups excluding carboxylic acids is 1. The van der Waals surface area contributed by atoms with E-state index < -0.39 is 5.54 Å². The molecule has 1 aromatic carbocycles. The van der Waals surface area contributed by atoms with Crippen molar-refractivity contribution in [2.24, 2.45) is 17.6 Å². The third-order valence-electron chi connectivity index (χ3n) is 5.50. The first-order valence-electron chi connectivity index (χ1n) is 8.48. The minimum Gasteiger partial charge on any atom is -0.368 e. The molecule has 3 rings (SSSR count). The lowest BCUT2D eigenvalue weighted by atomic mass is 9.67. The fraction of sp³-hybridized carbons (Fsp3) is 0.611. The van der Waals surface area contributed by atoms with Gasteiger partial charge >= 0.3 is 0 Å². The van der Waals surface area contributed by atoms with Crippen molar-refractivity contribution in [2.45, 2.75) is 12.0 Å². The molecule has 0 atom stereocenters. The minimum absolute atomic E-state index is 0.179. The maximum Gasteiger partial charge on any atom is 0.238 e. The van der Waals surface area contributed by atoms with Crippen molar-refractivity contribution in [2.75, 3.05) is 46.8 Å². The zero-order valence-electron chi connectivity index (χ0n) is 14.2. The van der Waals surface area contributed by atoms with Gasteiger partial charge in [-0.25, -0.2) is 0 Å². The quantitative estimate of drug-likeness (QED) is 0.813. The van der Waals surface area contributed by atoms with Crippen LogP contribution in [0.3, 0.4) is 0 Å². The molecule has 2 heterocycles. The highest BCUT2D eigenvalue weighted by Crippen LogP contribution is 2.37. The summed E-state index contributed by atoms with van der Waals surface area (Å²) in [6.45, 7) is 4.46. The average molecular weight is 316 g/mol. The highest BCUT2D eigenvalue weighted by Gasteiger charge is 2.55. The lowest BCUT2D eigenvalue weighted by molar-refractivity contribution is -0.138. The first-order valence-corrected chi connectivity index (χ1v) is 8.48. The highest BCUT2D eigenvalue weighted by atomic mass is 16.1. The van der Waals surface area contributed by atoms with E-state index in [9.17, 15) is 4.79 Å². The van der Waals surface area contributed by atoms with E-state index in [2.05, 4.69) is 53.5 Å². The Morgan fingerprint density at radius 1 is 1.13 bits per heavy atom. The Hall–Kier alpha value is -1.43. The number of nitrogens with zero attached hydrogens (tertiary/aromatic N) is 2. The van der Waals surface area contributed by atoms with Gasteiger partial charge in [0.05, 0.1) is 0 Å². The standard InChI is InChI=1S/C18H28N4O/c1-21-10-15-12-22(2)13-16(11-21)18(15,17(19)23)20-9-8-14-6-4-3-5-7-14/h3-7,15-16,20H,8-13H2,1-2H3,(H2,19,23). The summed E-state index contributed by atoms with van der Waals surface area (Å²) in [5.41, 5.74) is 6.65. The largest absolute Gasteiger partial charge is 0.368 e. The Labute approximate surface area is 138 Å². The summed E-state index contributed by atoms with van der Waals surface area (Å²) in [6, 6.07) is 10.4. The smallest absolute Gasteiger partial charge is 0.238 e. The molecule has 2 aliphatic rings. The summed E-state index contributed by atoms with van der Waals surface area (Å²) in [5, 5.41) is 3.60. The third-order valence-corrected chi connectivity index (χ3v) is 5.50. The molecule has 0 unspecified atom stereocenters. The number of hydrogen-bond donors (Lipinski definition) is 2. The second-order valence-electron chi connectivity index (χ2n) is 7.23. The summed E-state index contributed by atoms with van der Waals surface area (Å²) in [6.07, 6.45) is 0.918. The molecule has 1 amide bonds. The summed E-state index contributed by atoms with van der Waals surface area (Å²) in [5.74, 6) is 0.318. The molecule has 0 spiro atoms. The SMILES string of the molecule is CN1CC2CN(C)CC(C1)C2(NCCc1ccccc1)C(N)=O. The van der Waals surface area contributed by atoms with Gasteiger partial charge in [-0.3, -0.25) is 4.79 Å². The number of carbonyl (C=O) groups is 1. The number of hydrogen-bond acceptors (Lipinski definition) is 4. The van der Waals surface area contributed by atoms with E-state index in [-0.39, 0.29) is 17.7 Å². The summed E-state index contributed by atoms with van der Waals surface area (Å²) in [7, 11) is 4.28. The first-order chi connectivity index (χ1) is 11.0. The van der Waals surface area contributed by atoms with Crippen molar-refractivity contribution in [1.29, 1.82) is 0 Å². The number of likely N-dealkylation sites (tertiary alicyclic amines) is 2. The zero-order chi connectivity index (χ0) is 16.4. The Balaban J connectivity index is 1.75. The van der Waals surface area contributed by atoms with Crippen molar-refractivity contribution in [3.8, 4) is 0 Å². The zero-order valence-corrected chi connectivity index (χ0v) is 14.2. The fourth-order valence-electron chi connectivity index (χ4n) is 4.52. The highest BCUT2D eigenvalue weighted by molar-refractivity contribution is 5.86. The van der Waals surface area contributed by atoms with Crippen LogP contribution in [0.5, 0.6) is 0 Å². The number of primary amides is 1. The lowest BCUT2D eigenvalue weighted by Gasteiger charge is -2.56. The summed E-state index contributed by atoms with van der Waals surface area (Å²) < 4.78 is 0. The molecule has 5 nitrogen and oxygen atoms in total. The van der Waals surface area contributed by atoms with Gasteiger partial charge in [0.15, 0.2) is 0 Å². The number of nitrogens with one attached hydrogen (secondary N) is 1. The molecule has 5 heteroatoms. The number of rotatable bonds is 5. The van der Waals surface area contributed by atoms with Gasteiger partial charge in [0, 0.05) is 44.6 Å². The molecule has 23 heavy (non-hydrogen) atoms. The van der Waals surface area contributed by atoms with Crippen LogP contribution in [0.15, 0.2) is 30.3 Å². The molecule has 2 fully saturated rings. The first kappa shape index (κ1) is 16.4. The molecular formula is C18H28N4O. The summed E-state index contributed by atoms with van der Waals surface area (Å²) >= 11 is 0. The van der Waals surface area contributed by atoms with E-state index >= 15 is 0 Å². The molecule has 0 saturated carbocycles. The number of nitrogens with two attached hydrogens (primary N) is 1. The predicted octanol–water partition coefficient (Wildman–Crippen LogP) is 0.166. The van der Waals surface area contributed by atoms with Gasteiger partial charge < -0.3 is 20.9 Å². The summed E-state index contributed by atoms with van der Waals surface area (Å²) in [4.78, 5) is 17.1. The van der Waals surface area contributed by atoms with Crippen LogP contribution < -0.4 is 11.1 Å². The minimum atomic E-state index is -0.562. The van der Waals surface area contributed by atoms with Crippen LogP contribution in [0.4, 0.5) is 0 Å². The van der Waals surface area contributed by atoms with Crippen LogP contribution in [0.1, 0.15) is 5.56 Å². The molecule has 2 saturated heterocycles. The van der Waals surface area contributed by atoms with Crippen LogP contribution in [0.25, 0.3) is 0 Å². The Bertz CT molecular complexity index is 517. The second kappa shape index (κ2) is 6.59. The fourth-order valence-corrected chi connectivity index (χ4v) is 4.52. The van der Waals surface area contributed by atoms with Gasteiger partial charge in [-0.05, 0) is 26.1 Å². The number of benzene rings is 1. The number of piperidine rings is 2. The molecule has 1 aromatic rings. The molecule has 0 radical (unpaired) electrons. The van der Waals surface area contributed by atoms with Crippen LogP contribution >= 0.6 is 0 Å². The van der Waals surface area contributed by atoms with Crippen LogP contribution in [0.2, 0.25) is 0 Å². The van der Waals surface area contributed by atoms with E-state index in [0.29, 0.717) is 0 Å². The van der Waals surface area contributed by atoms with Crippen molar-refractivity contribution in [3.63, 3.8) is 0 Å². The van der Waals surface area contributed by atoms with Crippen molar-refractivity contribution < 1.29 is 4.79 Å². The lowest BCUT2D eigenvalue weighted by Crippen LogP contribution is -2.76. The Morgan fingerprint density at radius 3 is 2.13 bits per heavy atom. The number of amides is 1. The van der Waals surface area contributed by atoms with Crippen LogP contribution in [-0.4, -0.2) is 68.1 Å². The molecule has 2 aliphatic heterocycles. The molecule has 2 bridgehead atoms. The van der Waals surface area contributed by atoms with E-state index in [1.165, 1.54) is 5.56 Å². The normalized spacial score (nSPS) is 31.9. The van der Waals surface area contributed by atoms with Gasteiger partial charge in [0.2, 0.25) is 5.91 Å². The molecule has 126 valence electrons. The van der Waals surface area contributed by atoms with Crippen molar-refractivity contribution in [3.05, 3.63) is 35.9 Å². The van der Waals surface area contributed by atoms with Gasteiger partial charge in [-0.2, -0.15) is 0 Å². The number of fused-ring (bicyclic) bond motifs is 2. The van der Waals surface area contributed by atoms with Crippen molar-refractivity contribution in [1.82, 2.24) is 15.1 Å².